The first-order valence-electron chi connectivity index (χ1n) is 13.5. The van der Waals surface area contributed by atoms with Crippen molar-refractivity contribution >= 4 is 17.8 Å². The van der Waals surface area contributed by atoms with Gasteiger partial charge in [-0.1, -0.05) is 105 Å². The van der Waals surface area contributed by atoms with E-state index in [1.807, 2.05) is 6.07 Å². The minimum atomic E-state index is -4.13. The average molecular weight is 567 g/mol. The van der Waals surface area contributed by atoms with E-state index < -0.39 is 54.2 Å². The molecule has 0 saturated heterocycles. The number of hydrogen-bond acceptors (Lipinski definition) is 5. The maximum Gasteiger partial charge on any atom is 0.408 e. The molecule has 0 radical (unpaired) electrons. The van der Waals surface area contributed by atoms with Crippen molar-refractivity contribution in [2.24, 2.45) is 5.92 Å². The molecule has 2 unspecified atom stereocenters. The van der Waals surface area contributed by atoms with Crippen LogP contribution >= 0.6 is 0 Å². The zero-order valence-electron chi connectivity index (χ0n) is 23.1. The second kappa shape index (κ2) is 15.0. The highest BCUT2D eigenvalue weighted by Crippen LogP contribution is 2.27. The van der Waals surface area contributed by atoms with Gasteiger partial charge in [0.2, 0.25) is 11.7 Å². The van der Waals surface area contributed by atoms with Crippen LogP contribution in [0.1, 0.15) is 37.0 Å². The Morgan fingerprint density at radius 1 is 0.805 bits per heavy atom. The van der Waals surface area contributed by atoms with Gasteiger partial charge in [-0.2, -0.15) is 8.78 Å². The van der Waals surface area contributed by atoms with Crippen LogP contribution in [0.4, 0.5) is 13.6 Å². The number of nitrogens with one attached hydrogen (secondary N) is 2. The van der Waals surface area contributed by atoms with Gasteiger partial charge in [0.05, 0.1) is 6.04 Å². The third kappa shape index (κ3) is 9.49. The van der Waals surface area contributed by atoms with Crippen molar-refractivity contribution in [1.82, 2.24) is 10.6 Å². The molecule has 3 aromatic rings. The normalized spacial score (nSPS) is 13.6. The lowest BCUT2D eigenvalue weighted by atomic mass is 9.92. The first-order chi connectivity index (χ1) is 19.6. The predicted octanol–water partition coefficient (Wildman–Crippen LogP) is 4.86. The highest BCUT2D eigenvalue weighted by Gasteiger charge is 2.49. The zero-order valence-corrected chi connectivity index (χ0v) is 23.1. The van der Waals surface area contributed by atoms with Crippen molar-refractivity contribution in [3.8, 4) is 0 Å². The predicted molar refractivity (Wildman–Crippen MR) is 151 cm³/mol. The van der Waals surface area contributed by atoms with E-state index in [-0.39, 0.29) is 19.4 Å². The summed E-state index contributed by atoms with van der Waals surface area (Å²) in [6, 6.07) is 23.5. The summed E-state index contributed by atoms with van der Waals surface area (Å²) in [6.07, 6.45) is -3.93. The van der Waals surface area contributed by atoms with Gasteiger partial charge < -0.3 is 20.5 Å². The van der Waals surface area contributed by atoms with E-state index in [9.17, 15) is 19.5 Å². The number of aryl methyl sites for hydroxylation is 1. The fraction of sp³-hybridized carbons (Fsp3) is 0.344. The van der Waals surface area contributed by atoms with Crippen molar-refractivity contribution in [3.63, 3.8) is 0 Å². The second-order valence-electron chi connectivity index (χ2n) is 10.2. The van der Waals surface area contributed by atoms with Crippen LogP contribution < -0.4 is 10.6 Å². The molecule has 0 aromatic heterocycles. The fourth-order valence-corrected chi connectivity index (χ4v) is 4.30. The van der Waals surface area contributed by atoms with Gasteiger partial charge in [-0.25, -0.2) is 4.79 Å². The summed E-state index contributed by atoms with van der Waals surface area (Å²) in [5.74, 6) is -6.79. The number of ketones is 1. The fourth-order valence-electron chi connectivity index (χ4n) is 4.30. The molecule has 3 N–H and O–H groups in total. The molecule has 9 heteroatoms. The van der Waals surface area contributed by atoms with Crippen molar-refractivity contribution in [3.05, 3.63) is 108 Å². The molecule has 2 amide bonds. The molecule has 0 spiro atoms. The maximum atomic E-state index is 15.3. The van der Waals surface area contributed by atoms with Gasteiger partial charge in [0.15, 0.2) is 0 Å². The van der Waals surface area contributed by atoms with Crippen LogP contribution in [-0.4, -0.2) is 47.0 Å². The topological polar surface area (TPSA) is 105 Å². The maximum absolute atomic E-state index is 15.3. The number of alkyl carbamates (subject to hydrolysis) is 1. The van der Waals surface area contributed by atoms with Gasteiger partial charge >= 0.3 is 12.0 Å². The minimum Gasteiger partial charge on any atom is -0.445 e. The van der Waals surface area contributed by atoms with Gasteiger partial charge in [0.1, 0.15) is 18.8 Å². The third-order valence-electron chi connectivity index (χ3n) is 6.67. The molecule has 3 aromatic carbocycles. The summed E-state index contributed by atoms with van der Waals surface area (Å²) in [7, 11) is 0. The molecule has 218 valence electrons. The largest absolute Gasteiger partial charge is 0.445 e. The lowest BCUT2D eigenvalue weighted by Gasteiger charge is -2.31. The van der Waals surface area contributed by atoms with E-state index in [1.54, 1.807) is 98.8 Å². The molecule has 0 aliphatic heterocycles. The molecule has 0 fully saturated rings. The molecular formula is C32H36F2N2O5. The Morgan fingerprint density at radius 3 is 1.85 bits per heavy atom. The Labute approximate surface area is 238 Å². The quantitative estimate of drug-likeness (QED) is 0.259. The molecule has 3 rings (SSSR count). The van der Waals surface area contributed by atoms with Crippen LogP contribution in [0.5, 0.6) is 0 Å². The molecule has 0 aliphatic carbocycles. The van der Waals surface area contributed by atoms with Gasteiger partial charge in [-0.05, 0) is 35.4 Å². The summed E-state index contributed by atoms with van der Waals surface area (Å²) < 4.78 is 35.8. The van der Waals surface area contributed by atoms with E-state index in [4.69, 9.17) is 4.74 Å². The van der Waals surface area contributed by atoms with Crippen LogP contribution in [0.3, 0.4) is 0 Å². The number of aliphatic hydroxyl groups is 1. The number of benzene rings is 3. The Hall–Kier alpha value is -4.11. The van der Waals surface area contributed by atoms with E-state index in [1.165, 1.54) is 0 Å². The monoisotopic (exact) mass is 566 g/mol. The molecule has 0 aliphatic rings. The van der Waals surface area contributed by atoms with Gasteiger partial charge in [0, 0.05) is 6.42 Å². The van der Waals surface area contributed by atoms with Crippen LogP contribution in [0.25, 0.3) is 0 Å². The van der Waals surface area contributed by atoms with E-state index in [0.29, 0.717) is 11.1 Å². The third-order valence-corrected chi connectivity index (χ3v) is 6.67. The molecule has 0 saturated carbocycles. The minimum absolute atomic E-state index is 0.0221. The van der Waals surface area contributed by atoms with Crippen LogP contribution in [-0.2, 0) is 33.8 Å². The number of Topliss-reactive ketones (excluding diaryl/α,β-unsaturated/α-hetero) is 1. The Bertz CT molecular complexity index is 1260. The number of amides is 2. The van der Waals surface area contributed by atoms with Crippen LogP contribution in [0, 0.1) is 5.92 Å². The number of hydrogen-bond donors (Lipinski definition) is 3. The van der Waals surface area contributed by atoms with Gasteiger partial charge in [-0.3, -0.25) is 9.59 Å². The number of halogens is 2. The van der Waals surface area contributed by atoms with Crippen molar-refractivity contribution in [1.29, 1.82) is 0 Å². The molecular weight excluding hydrogens is 530 g/mol. The summed E-state index contributed by atoms with van der Waals surface area (Å²) in [5.41, 5.74) is 2.03. The molecule has 3 atom stereocenters. The van der Waals surface area contributed by atoms with E-state index >= 15 is 8.78 Å². The summed E-state index contributed by atoms with van der Waals surface area (Å²) >= 11 is 0. The Balaban J connectivity index is 1.72. The summed E-state index contributed by atoms with van der Waals surface area (Å²) in [4.78, 5) is 38.3. The average Bonchev–Trinajstić information content (AvgIpc) is 2.98. The number of ether oxygens (including phenoxy) is 1. The first kappa shape index (κ1) is 31.4. The number of rotatable bonds is 14. The summed E-state index contributed by atoms with van der Waals surface area (Å²) in [6.45, 7) is 3.32. The van der Waals surface area contributed by atoms with Crippen molar-refractivity contribution in [2.45, 2.75) is 63.8 Å². The SMILES string of the molecule is CC(C)[C@H](NC(=O)OCc1ccccc1)C(=O)NC(Cc1ccccc1)C(O)C(F)(F)C(=O)CCc1ccccc1. The number of carbonyl (C=O) groups excluding carboxylic acids is 3. The van der Waals surface area contributed by atoms with E-state index in [2.05, 4.69) is 10.6 Å². The highest BCUT2D eigenvalue weighted by molar-refractivity contribution is 5.88. The van der Waals surface area contributed by atoms with Crippen molar-refractivity contribution < 1.29 is 33.0 Å². The van der Waals surface area contributed by atoms with E-state index in [0.717, 1.165) is 5.56 Å². The second-order valence-corrected chi connectivity index (χ2v) is 10.2. The highest BCUT2D eigenvalue weighted by atomic mass is 19.3. The van der Waals surface area contributed by atoms with Crippen molar-refractivity contribution in [2.75, 3.05) is 0 Å². The zero-order chi connectivity index (χ0) is 29.8. The number of alkyl halides is 2. The standard InChI is InChI=1S/C32H36F2N2O5/c1-22(2)28(36-31(40)41-21-25-16-10-5-11-17-25)30(39)35-26(20-24-14-8-4-9-15-24)29(38)32(33,34)27(37)19-18-23-12-6-3-7-13-23/h3-17,22,26,28-29,38H,18-21H2,1-2H3,(H,35,39)(H,36,40)/t26?,28-,29?/m0/s1. The van der Waals surface area contributed by atoms with Gasteiger partial charge in [0.25, 0.3) is 0 Å². The lowest BCUT2D eigenvalue weighted by molar-refractivity contribution is -0.165. The smallest absolute Gasteiger partial charge is 0.408 e. The lowest BCUT2D eigenvalue weighted by Crippen LogP contribution is -2.59. The first-order valence-corrected chi connectivity index (χ1v) is 13.5. The number of carbonyl (C=O) groups is 3. The molecule has 7 nitrogen and oxygen atoms in total. The Kier molecular flexibility index (Phi) is 11.5. The van der Waals surface area contributed by atoms with Crippen LogP contribution in [0.2, 0.25) is 0 Å². The summed E-state index contributed by atoms with van der Waals surface area (Å²) in [5, 5.41) is 15.8. The number of aliphatic hydroxyl groups excluding tert-OH is 1. The molecule has 0 bridgehead atoms. The molecule has 0 heterocycles. The Morgan fingerprint density at radius 2 is 1.32 bits per heavy atom. The van der Waals surface area contributed by atoms with Crippen LogP contribution in [0.15, 0.2) is 91.0 Å². The molecule has 41 heavy (non-hydrogen) atoms. The van der Waals surface area contributed by atoms with Gasteiger partial charge in [-0.15, -0.1) is 0 Å².